The number of nitrogens with zero attached hydrogens (tertiary/aromatic N) is 4. The number of fused-ring (bicyclic) bond motifs is 1. The molecule has 3 aromatic rings. The normalized spacial score (nSPS) is 18.1. The van der Waals surface area contributed by atoms with Crippen molar-refractivity contribution in [2.45, 2.75) is 26.3 Å². The van der Waals surface area contributed by atoms with Gasteiger partial charge < -0.3 is 19.5 Å². The number of piperazine rings is 1. The van der Waals surface area contributed by atoms with Crippen LogP contribution >= 0.6 is 0 Å². The summed E-state index contributed by atoms with van der Waals surface area (Å²) in [5.74, 6) is 2.36. The van der Waals surface area contributed by atoms with E-state index in [2.05, 4.69) is 50.9 Å². The summed E-state index contributed by atoms with van der Waals surface area (Å²) < 4.78 is 5.51. The van der Waals surface area contributed by atoms with Crippen LogP contribution in [-0.4, -0.2) is 72.1 Å². The first kappa shape index (κ1) is 21.8. The number of rotatable bonds is 5. The Morgan fingerprint density at radius 2 is 1.82 bits per heavy atom. The van der Waals surface area contributed by atoms with Crippen LogP contribution in [0.2, 0.25) is 0 Å². The van der Waals surface area contributed by atoms with E-state index in [0.29, 0.717) is 5.91 Å². The summed E-state index contributed by atoms with van der Waals surface area (Å²) in [4.78, 5) is 28.2. The zero-order chi connectivity index (χ0) is 22.8. The number of aryl methyl sites for hydroxylation is 1. The number of para-hydroxylation sites is 2. The molecule has 2 aromatic carbocycles. The Morgan fingerprint density at radius 1 is 1.06 bits per heavy atom. The maximum Gasteiger partial charge on any atom is 0.225 e. The van der Waals surface area contributed by atoms with Crippen LogP contribution in [0, 0.1) is 12.8 Å². The number of ether oxygens (including phenoxy) is 1. The quantitative estimate of drug-likeness (QED) is 0.649. The maximum atomic E-state index is 13.2. The number of carbonyl (C=O) groups excluding carboxylic acids is 1. The fourth-order valence-electron chi connectivity index (χ4n) is 5.12. The Kier molecular flexibility index (Phi) is 6.22. The van der Waals surface area contributed by atoms with Crippen molar-refractivity contribution in [3.05, 3.63) is 53.9 Å². The van der Waals surface area contributed by atoms with Gasteiger partial charge in [-0.2, -0.15) is 0 Å². The topological polar surface area (TPSA) is 64.7 Å². The number of hydrogen-bond acceptors (Lipinski definition) is 5. The van der Waals surface area contributed by atoms with Crippen molar-refractivity contribution in [2.24, 2.45) is 5.92 Å². The number of piperidine rings is 1. The van der Waals surface area contributed by atoms with E-state index >= 15 is 0 Å². The van der Waals surface area contributed by atoms with E-state index in [-0.39, 0.29) is 5.92 Å². The number of aromatic amines is 1. The summed E-state index contributed by atoms with van der Waals surface area (Å²) in [5.41, 5.74) is 4.47. The van der Waals surface area contributed by atoms with Gasteiger partial charge in [-0.15, -0.1) is 0 Å². The Bertz CT molecular complexity index is 1110. The highest BCUT2D eigenvalue weighted by molar-refractivity contribution is 5.79. The van der Waals surface area contributed by atoms with Gasteiger partial charge in [-0.1, -0.05) is 18.2 Å². The molecular weight excluding hydrogens is 414 g/mol. The molecule has 1 N–H and O–H groups in total. The average Bonchev–Trinajstić information content (AvgIpc) is 3.25. The minimum atomic E-state index is 0.136. The minimum Gasteiger partial charge on any atom is -0.495 e. The summed E-state index contributed by atoms with van der Waals surface area (Å²) in [6.45, 7) is 8.02. The SMILES string of the molecule is COc1ccccc1N1CCN(C(=O)C2CCN(Cc3nc4ccc(C)cc4[nH]3)CC2)CC1. The zero-order valence-electron chi connectivity index (χ0n) is 19.6. The summed E-state index contributed by atoms with van der Waals surface area (Å²) in [6, 6.07) is 14.4. The van der Waals surface area contributed by atoms with Gasteiger partial charge in [0.15, 0.2) is 0 Å². The summed E-state index contributed by atoms with van der Waals surface area (Å²) in [5, 5.41) is 0. The second-order valence-electron chi connectivity index (χ2n) is 9.24. The number of likely N-dealkylation sites (tertiary alicyclic amines) is 1. The number of methoxy groups -OCH3 is 1. The molecule has 0 spiro atoms. The Labute approximate surface area is 195 Å². The standard InChI is InChI=1S/C26H33N5O2/c1-19-7-8-21-22(17-19)28-25(27-21)18-29-11-9-20(10-12-29)26(32)31-15-13-30(14-16-31)23-5-3-4-6-24(23)33-2/h3-8,17,20H,9-16,18H2,1-2H3,(H,27,28). The molecular formula is C26H33N5O2. The van der Waals surface area contributed by atoms with Crippen molar-refractivity contribution >= 4 is 22.6 Å². The van der Waals surface area contributed by atoms with Crippen LogP contribution < -0.4 is 9.64 Å². The number of aromatic nitrogens is 2. The van der Waals surface area contributed by atoms with Gasteiger partial charge in [-0.3, -0.25) is 9.69 Å². The molecule has 0 bridgehead atoms. The second kappa shape index (κ2) is 9.43. The molecule has 1 aromatic heterocycles. The summed E-state index contributed by atoms with van der Waals surface area (Å²) in [7, 11) is 1.71. The van der Waals surface area contributed by atoms with Crippen LogP contribution in [0.5, 0.6) is 5.75 Å². The van der Waals surface area contributed by atoms with Crippen LogP contribution in [0.1, 0.15) is 24.2 Å². The third-order valence-corrected chi connectivity index (χ3v) is 7.01. The van der Waals surface area contributed by atoms with Crippen LogP contribution in [0.4, 0.5) is 5.69 Å². The fraction of sp³-hybridized carbons (Fsp3) is 0.462. The van der Waals surface area contributed by atoms with E-state index in [4.69, 9.17) is 9.72 Å². The van der Waals surface area contributed by atoms with Crippen LogP contribution in [0.25, 0.3) is 11.0 Å². The number of nitrogens with one attached hydrogen (secondary N) is 1. The molecule has 2 aliphatic rings. The average molecular weight is 448 g/mol. The lowest BCUT2D eigenvalue weighted by Gasteiger charge is -2.39. The number of imidazole rings is 1. The molecule has 0 radical (unpaired) electrons. The molecule has 0 unspecified atom stereocenters. The van der Waals surface area contributed by atoms with E-state index in [0.717, 1.165) is 86.9 Å². The molecule has 0 saturated carbocycles. The Balaban J connectivity index is 1.12. The molecule has 2 aliphatic heterocycles. The number of H-pyrrole nitrogens is 1. The molecule has 33 heavy (non-hydrogen) atoms. The largest absolute Gasteiger partial charge is 0.495 e. The summed E-state index contributed by atoms with van der Waals surface area (Å²) in [6.07, 6.45) is 1.84. The highest BCUT2D eigenvalue weighted by Gasteiger charge is 2.31. The predicted molar refractivity (Wildman–Crippen MR) is 131 cm³/mol. The van der Waals surface area contributed by atoms with Crippen LogP contribution in [-0.2, 0) is 11.3 Å². The first-order valence-electron chi connectivity index (χ1n) is 11.9. The van der Waals surface area contributed by atoms with Gasteiger partial charge in [0.1, 0.15) is 11.6 Å². The molecule has 0 atom stereocenters. The lowest BCUT2D eigenvalue weighted by molar-refractivity contribution is -0.137. The predicted octanol–water partition coefficient (Wildman–Crippen LogP) is 3.44. The van der Waals surface area contributed by atoms with Gasteiger partial charge in [0, 0.05) is 32.1 Å². The molecule has 2 saturated heterocycles. The van der Waals surface area contributed by atoms with Crippen molar-refractivity contribution in [1.29, 1.82) is 0 Å². The number of hydrogen-bond donors (Lipinski definition) is 1. The van der Waals surface area contributed by atoms with E-state index in [1.807, 2.05) is 18.2 Å². The maximum absolute atomic E-state index is 13.2. The van der Waals surface area contributed by atoms with E-state index in [1.54, 1.807) is 7.11 Å². The van der Waals surface area contributed by atoms with E-state index in [9.17, 15) is 4.79 Å². The highest BCUT2D eigenvalue weighted by Crippen LogP contribution is 2.29. The smallest absolute Gasteiger partial charge is 0.225 e. The molecule has 0 aliphatic carbocycles. The number of amides is 1. The lowest BCUT2D eigenvalue weighted by atomic mass is 9.95. The first-order chi connectivity index (χ1) is 16.1. The zero-order valence-corrected chi connectivity index (χ0v) is 19.6. The van der Waals surface area contributed by atoms with Crippen molar-refractivity contribution in [1.82, 2.24) is 19.8 Å². The molecule has 2 fully saturated rings. The van der Waals surface area contributed by atoms with Crippen molar-refractivity contribution in [3.63, 3.8) is 0 Å². The first-order valence-corrected chi connectivity index (χ1v) is 11.9. The summed E-state index contributed by atoms with van der Waals surface area (Å²) >= 11 is 0. The molecule has 1 amide bonds. The van der Waals surface area contributed by atoms with Gasteiger partial charge in [0.2, 0.25) is 5.91 Å². The van der Waals surface area contributed by atoms with Crippen LogP contribution in [0.15, 0.2) is 42.5 Å². The van der Waals surface area contributed by atoms with E-state index < -0.39 is 0 Å². The number of benzene rings is 2. The second-order valence-corrected chi connectivity index (χ2v) is 9.24. The van der Waals surface area contributed by atoms with Gasteiger partial charge in [0.05, 0.1) is 30.4 Å². The van der Waals surface area contributed by atoms with Crippen molar-refractivity contribution < 1.29 is 9.53 Å². The van der Waals surface area contributed by atoms with Gasteiger partial charge >= 0.3 is 0 Å². The van der Waals surface area contributed by atoms with Crippen molar-refractivity contribution in [3.8, 4) is 5.75 Å². The van der Waals surface area contributed by atoms with Crippen LogP contribution in [0.3, 0.4) is 0 Å². The minimum absolute atomic E-state index is 0.136. The van der Waals surface area contributed by atoms with Gasteiger partial charge in [-0.25, -0.2) is 4.98 Å². The third-order valence-electron chi connectivity index (χ3n) is 7.01. The van der Waals surface area contributed by atoms with Crippen molar-refractivity contribution in [2.75, 3.05) is 51.3 Å². The Morgan fingerprint density at radius 3 is 2.58 bits per heavy atom. The lowest BCUT2D eigenvalue weighted by Crippen LogP contribution is -2.51. The molecule has 3 heterocycles. The number of anilines is 1. The molecule has 7 nitrogen and oxygen atoms in total. The van der Waals surface area contributed by atoms with Gasteiger partial charge in [-0.05, 0) is 62.7 Å². The molecule has 7 heteroatoms. The Hall–Kier alpha value is -3.06. The third kappa shape index (κ3) is 4.69. The van der Waals surface area contributed by atoms with Gasteiger partial charge in [0.25, 0.3) is 0 Å². The molecule has 174 valence electrons. The fourth-order valence-corrected chi connectivity index (χ4v) is 5.12. The number of carbonyl (C=O) groups is 1. The molecule has 5 rings (SSSR count). The van der Waals surface area contributed by atoms with E-state index in [1.165, 1.54) is 5.56 Å². The monoisotopic (exact) mass is 447 g/mol. The highest BCUT2D eigenvalue weighted by atomic mass is 16.5.